The molecule has 0 aromatic rings. The SMILES string of the molecule is CCCC1COCC(CO)N1C. The molecule has 0 spiro atoms. The maximum atomic E-state index is 9.03. The van der Waals surface area contributed by atoms with Crippen molar-refractivity contribution in [2.75, 3.05) is 26.9 Å². The highest BCUT2D eigenvalue weighted by molar-refractivity contribution is 4.79. The van der Waals surface area contributed by atoms with Gasteiger partial charge < -0.3 is 9.84 Å². The predicted octanol–water partition coefficient (Wildman–Crippen LogP) is 0.478. The van der Waals surface area contributed by atoms with E-state index in [2.05, 4.69) is 18.9 Å². The summed E-state index contributed by atoms with van der Waals surface area (Å²) in [4.78, 5) is 2.24. The first-order valence-corrected chi connectivity index (χ1v) is 4.70. The van der Waals surface area contributed by atoms with Crippen LogP contribution in [0.5, 0.6) is 0 Å². The zero-order chi connectivity index (χ0) is 8.97. The van der Waals surface area contributed by atoms with Gasteiger partial charge in [0.15, 0.2) is 0 Å². The van der Waals surface area contributed by atoms with Gasteiger partial charge >= 0.3 is 0 Å². The number of rotatable bonds is 3. The molecule has 3 nitrogen and oxygen atoms in total. The van der Waals surface area contributed by atoms with E-state index in [0.717, 1.165) is 13.0 Å². The van der Waals surface area contributed by atoms with Crippen molar-refractivity contribution < 1.29 is 9.84 Å². The number of aliphatic hydroxyl groups is 1. The van der Waals surface area contributed by atoms with E-state index in [4.69, 9.17) is 9.84 Å². The van der Waals surface area contributed by atoms with Crippen LogP contribution in [0, 0.1) is 0 Å². The van der Waals surface area contributed by atoms with E-state index in [-0.39, 0.29) is 12.6 Å². The van der Waals surface area contributed by atoms with Crippen LogP contribution in [-0.4, -0.2) is 49.0 Å². The van der Waals surface area contributed by atoms with Gasteiger partial charge in [0.1, 0.15) is 0 Å². The fraction of sp³-hybridized carbons (Fsp3) is 1.00. The minimum Gasteiger partial charge on any atom is -0.395 e. The number of hydrogen-bond acceptors (Lipinski definition) is 3. The largest absolute Gasteiger partial charge is 0.395 e. The molecule has 2 atom stereocenters. The quantitative estimate of drug-likeness (QED) is 0.673. The maximum absolute atomic E-state index is 9.03. The summed E-state index contributed by atoms with van der Waals surface area (Å²) < 4.78 is 5.41. The van der Waals surface area contributed by atoms with E-state index in [0.29, 0.717) is 12.6 Å². The standard InChI is InChI=1S/C9H19NO2/c1-3-4-8-6-12-7-9(5-11)10(8)2/h8-9,11H,3-7H2,1-2H3. The van der Waals surface area contributed by atoms with Gasteiger partial charge in [0.2, 0.25) is 0 Å². The molecular formula is C9H19NO2. The Hall–Kier alpha value is -0.120. The lowest BCUT2D eigenvalue weighted by molar-refractivity contribution is -0.0546. The van der Waals surface area contributed by atoms with Crippen molar-refractivity contribution in [3.63, 3.8) is 0 Å². The highest BCUT2D eigenvalue weighted by Gasteiger charge is 2.26. The second kappa shape index (κ2) is 4.80. The molecule has 1 aliphatic heterocycles. The number of nitrogens with zero attached hydrogens (tertiary/aromatic N) is 1. The van der Waals surface area contributed by atoms with Gasteiger partial charge in [0, 0.05) is 6.04 Å². The fourth-order valence-electron chi connectivity index (χ4n) is 1.68. The Morgan fingerprint density at radius 1 is 1.42 bits per heavy atom. The molecule has 1 rings (SSSR count). The van der Waals surface area contributed by atoms with E-state index in [9.17, 15) is 0 Å². The summed E-state index contributed by atoms with van der Waals surface area (Å²) in [5.41, 5.74) is 0. The highest BCUT2D eigenvalue weighted by Crippen LogP contribution is 2.14. The van der Waals surface area contributed by atoms with Crippen molar-refractivity contribution in [1.29, 1.82) is 0 Å². The van der Waals surface area contributed by atoms with Crippen molar-refractivity contribution >= 4 is 0 Å². The third-order valence-electron chi connectivity index (χ3n) is 2.61. The van der Waals surface area contributed by atoms with Gasteiger partial charge in [-0.25, -0.2) is 0 Å². The van der Waals surface area contributed by atoms with Gasteiger partial charge in [-0.1, -0.05) is 13.3 Å². The number of aliphatic hydroxyl groups excluding tert-OH is 1. The van der Waals surface area contributed by atoms with Crippen LogP contribution in [0.15, 0.2) is 0 Å². The van der Waals surface area contributed by atoms with Crippen molar-refractivity contribution in [3.8, 4) is 0 Å². The van der Waals surface area contributed by atoms with Gasteiger partial charge in [-0.15, -0.1) is 0 Å². The van der Waals surface area contributed by atoms with Gasteiger partial charge in [-0.3, -0.25) is 4.90 Å². The maximum Gasteiger partial charge on any atom is 0.0645 e. The van der Waals surface area contributed by atoms with Gasteiger partial charge in [0.25, 0.3) is 0 Å². The minimum atomic E-state index is 0.204. The molecule has 12 heavy (non-hydrogen) atoms. The number of hydrogen-bond donors (Lipinski definition) is 1. The summed E-state index contributed by atoms with van der Waals surface area (Å²) in [6.45, 7) is 3.88. The first-order valence-electron chi connectivity index (χ1n) is 4.70. The van der Waals surface area contributed by atoms with Crippen LogP contribution in [0.25, 0.3) is 0 Å². The molecule has 3 heteroatoms. The third kappa shape index (κ3) is 2.19. The Morgan fingerprint density at radius 2 is 2.08 bits per heavy atom. The third-order valence-corrected chi connectivity index (χ3v) is 2.61. The van der Waals surface area contributed by atoms with Crippen LogP contribution in [0.4, 0.5) is 0 Å². The summed E-state index contributed by atoms with van der Waals surface area (Å²) in [5.74, 6) is 0. The van der Waals surface area contributed by atoms with Crippen LogP contribution < -0.4 is 0 Å². The molecule has 72 valence electrons. The van der Waals surface area contributed by atoms with E-state index in [1.54, 1.807) is 0 Å². The summed E-state index contributed by atoms with van der Waals surface area (Å²) in [7, 11) is 2.07. The molecule has 1 heterocycles. The Kier molecular flexibility index (Phi) is 3.98. The lowest BCUT2D eigenvalue weighted by atomic mass is 10.1. The topological polar surface area (TPSA) is 32.7 Å². The lowest BCUT2D eigenvalue weighted by Gasteiger charge is -2.38. The molecule has 0 aliphatic carbocycles. The highest BCUT2D eigenvalue weighted by atomic mass is 16.5. The van der Waals surface area contributed by atoms with Crippen LogP contribution in [0.1, 0.15) is 19.8 Å². The second-order valence-corrected chi connectivity index (χ2v) is 3.48. The average Bonchev–Trinajstić information content (AvgIpc) is 2.09. The second-order valence-electron chi connectivity index (χ2n) is 3.48. The molecule has 0 saturated carbocycles. The molecule has 1 aliphatic rings. The normalized spacial score (nSPS) is 32.2. The number of morpholine rings is 1. The van der Waals surface area contributed by atoms with Crippen molar-refractivity contribution in [2.45, 2.75) is 31.8 Å². The predicted molar refractivity (Wildman–Crippen MR) is 48.2 cm³/mol. The molecule has 1 fully saturated rings. The van der Waals surface area contributed by atoms with Crippen LogP contribution in [0.3, 0.4) is 0 Å². The van der Waals surface area contributed by atoms with Crippen LogP contribution in [-0.2, 0) is 4.74 Å². The smallest absolute Gasteiger partial charge is 0.0645 e. The molecular weight excluding hydrogens is 154 g/mol. The molecule has 0 aromatic heterocycles. The molecule has 0 aromatic carbocycles. The van der Waals surface area contributed by atoms with Gasteiger partial charge in [-0.05, 0) is 13.5 Å². The summed E-state index contributed by atoms with van der Waals surface area (Å²) in [6, 6.07) is 0.705. The van der Waals surface area contributed by atoms with E-state index in [1.165, 1.54) is 6.42 Å². The van der Waals surface area contributed by atoms with Gasteiger partial charge in [0.05, 0.1) is 25.9 Å². The summed E-state index contributed by atoms with van der Waals surface area (Å²) in [6.07, 6.45) is 2.34. The molecule has 0 radical (unpaired) electrons. The Balaban J connectivity index is 2.41. The van der Waals surface area contributed by atoms with Crippen LogP contribution >= 0.6 is 0 Å². The van der Waals surface area contributed by atoms with Crippen molar-refractivity contribution in [1.82, 2.24) is 4.90 Å². The number of likely N-dealkylation sites (N-methyl/N-ethyl adjacent to an activating group) is 1. The molecule has 1 N–H and O–H groups in total. The zero-order valence-corrected chi connectivity index (χ0v) is 7.99. The molecule has 2 unspecified atom stereocenters. The van der Waals surface area contributed by atoms with Crippen LogP contribution in [0.2, 0.25) is 0 Å². The lowest BCUT2D eigenvalue weighted by Crippen LogP contribution is -2.51. The van der Waals surface area contributed by atoms with Gasteiger partial charge in [-0.2, -0.15) is 0 Å². The summed E-state index contributed by atoms with van der Waals surface area (Å²) >= 11 is 0. The molecule has 0 amide bonds. The fourth-order valence-corrected chi connectivity index (χ4v) is 1.68. The Bertz CT molecular complexity index is 128. The monoisotopic (exact) mass is 173 g/mol. The zero-order valence-electron chi connectivity index (χ0n) is 7.99. The van der Waals surface area contributed by atoms with E-state index >= 15 is 0 Å². The molecule has 1 saturated heterocycles. The molecule has 0 bridgehead atoms. The van der Waals surface area contributed by atoms with E-state index in [1.807, 2.05) is 0 Å². The van der Waals surface area contributed by atoms with E-state index < -0.39 is 0 Å². The number of ether oxygens (including phenoxy) is 1. The first-order chi connectivity index (χ1) is 5.79. The minimum absolute atomic E-state index is 0.204. The Labute approximate surface area is 74.3 Å². The van der Waals surface area contributed by atoms with Crippen molar-refractivity contribution in [2.24, 2.45) is 0 Å². The van der Waals surface area contributed by atoms with Crippen molar-refractivity contribution in [3.05, 3.63) is 0 Å². The Morgan fingerprint density at radius 3 is 2.67 bits per heavy atom. The first kappa shape index (κ1) is 9.96. The average molecular weight is 173 g/mol. The summed E-state index contributed by atoms with van der Waals surface area (Å²) in [5, 5.41) is 9.03.